The summed E-state index contributed by atoms with van der Waals surface area (Å²) in [5.74, 6) is -1.78. The van der Waals surface area contributed by atoms with Crippen molar-refractivity contribution >= 4 is 11.9 Å². The molecule has 1 saturated heterocycles. The summed E-state index contributed by atoms with van der Waals surface area (Å²) in [7, 11) is 0. The van der Waals surface area contributed by atoms with Gasteiger partial charge in [0.1, 0.15) is 5.92 Å². The van der Waals surface area contributed by atoms with Crippen LogP contribution in [0.3, 0.4) is 0 Å². The molecular weight excluding hydrogens is 236 g/mol. The maximum Gasteiger partial charge on any atom is 0.311 e. The lowest BCUT2D eigenvalue weighted by Gasteiger charge is -2.30. The standard InChI is InChI=1S/C12H22N2O4/c1-3-12(4-2,7-13)11(17)14-9-6-18-5-8(9)10(15)16/h8-9H,3-7,13H2,1-2H3,(H,14,17)(H,15,16). The number of rotatable bonds is 6. The van der Waals surface area contributed by atoms with Crippen molar-refractivity contribution < 1.29 is 19.4 Å². The summed E-state index contributed by atoms with van der Waals surface area (Å²) in [4.78, 5) is 23.2. The molecule has 2 atom stereocenters. The Morgan fingerprint density at radius 3 is 2.44 bits per heavy atom. The summed E-state index contributed by atoms with van der Waals surface area (Å²) in [6.07, 6.45) is 1.27. The largest absolute Gasteiger partial charge is 0.481 e. The number of nitrogens with two attached hydrogens (primary N) is 1. The van der Waals surface area contributed by atoms with Crippen LogP contribution in [-0.4, -0.2) is 42.8 Å². The number of carboxylic acid groups (broad SMARTS) is 1. The van der Waals surface area contributed by atoms with Crippen LogP contribution in [0, 0.1) is 11.3 Å². The number of ether oxygens (including phenoxy) is 1. The van der Waals surface area contributed by atoms with Gasteiger partial charge in [0.15, 0.2) is 0 Å². The van der Waals surface area contributed by atoms with E-state index in [9.17, 15) is 9.59 Å². The molecule has 0 spiro atoms. The van der Waals surface area contributed by atoms with Gasteiger partial charge in [0, 0.05) is 6.54 Å². The number of hydrogen-bond donors (Lipinski definition) is 3. The molecule has 0 radical (unpaired) electrons. The van der Waals surface area contributed by atoms with Gasteiger partial charge < -0.3 is 20.9 Å². The number of aliphatic carboxylic acids is 1. The van der Waals surface area contributed by atoms with Gasteiger partial charge in [0.2, 0.25) is 5.91 Å². The second kappa shape index (κ2) is 6.15. The van der Waals surface area contributed by atoms with E-state index in [0.29, 0.717) is 12.8 Å². The van der Waals surface area contributed by atoms with E-state index in [0.717, 1.165) is 0 Å². The molecule has 0 aromatic heterocycles. The molecule has 18 heavy (non-hydrogen) atoms. The second-order valence-corrected chi connectivity index (χ2v) is 4.75. The summed E-state index contributed by atoms with van der Waals surface area (Å²) in [6, 6.07) is -0.459. The van der Waals surface area contributed by atoms with Crippen LogP contribution >= 0.6 is 0 Å². The fourth-order valence-corrected chi connectivity index (χ4v) is 2.21. The average Bonchev–Trinajstić information content (AvgIpc) is 2.80. The first-order chi connectivity index (χ1) is 8.50. The summed E-state index contributed by atoms with van der Waals surface area (Å²) >= 11 is 0. The Bertz CT molecular complexity index is 307. The monoisotopic (exact) mass is 258 g/mol. The number of nitrogens with one attached hydrogen (secondary N) is 1. The van der Waals surface area contributed by atoms with Crippen molar-refractivity contribution in [2.45, 2.75) is 32.7 Å². The van der Waals surface area contributed by atoms with Gasteiger partial charge in [-0.25, -0.2) is 0 Å². The zero-order valence-corrected chi connectivity index (χ0v) is 10.9. The fraction of sp³-hybridized carbons (Fsp3) is 0.833. The normalized spacial score (nSPS) is 23.9. The predicted octanol–water partition coefficient (Wildman–Crippen LogP) is -0.0327. The van der Waals surface area contributed by atoms with Gasteiger partial charge >= 0.3 is 5.97 Å². The minimum Gasteiger partial charge on any atom is -0.481 e. The van der Waals surface area contributed by atoms with E-state index >= 15 is 0 Å². The van der Waals surface area contributed by atoms with Crippen LogP contribution in [0.5, 0.6) is 0 Å². The van der Waals surface area contributed by atoms with Crippen molar-refractivity contribution in [3.05, 3.63) is 0 Å². The van der Waals surface area contributed by atoms with Gasteiger partial charge in [-0.2, -0.15) is 0 Å². The lowest BCUT2D eigenvalue weighted by molar-refractivity contribution is -0.142. The lowest BCUT2D eigenvalue weighted by atomic mass is 9.81. The van der Waals surface area contributed by atoms with Gasteiger partial charge in [-0.1, -0.05) is 13.8 Å². The Labute approximate surface area is 107 Å². The lowest BCUT2D eigenvalue weighted by Crippen LogP contribution is -2.51. The molecule has 0 aliphatic carbocycles. The molecule has 0 aromatic rings. The molecule has 1 fully saturated rings. The highest BCUT2D eigenvalue weighted by atomic mass is 16.5. The highest BCUT2D eigenvalue weighted by Gasteiger charge is 2.40. The molecular formula is C12H22N2O4. The maximum absolute atomic E-state index is 12.2. The molecule has 4 N–H and O–H groups in total. The van der Waals surface area contributed by atoms with Crippen molar-refractivity contribution in [1.82, 2.24) is 5.32 Å². The Hall–Kier alpha value is -1.14. The molecule has 1 aliphatic rings. The van der Waals surface area contributed by atoms with E-state index < -0.39 is 23.3 Å². The van der Waals surface area contributed by atoms with Gasteiger partial charge in [-0.15, -0.1) is 0 Å². The first kappa shape index (κ1) is 14.9. The summed E-state index contributed by atoms with van der Waals surface area (Å²) in [6.45, 7) is 4.48. The first-order valence-corrected chi connectivity index (χ1v) is 6.32. The number of carbonyl (C=O) groups excluding carboxylic acids is 1. The zero-order chi connectivity index (χ0) is 13.8. The van der Waals surface area contributed by atoms with Crippen molar-refractivity contribution in [2.75, 3.05) is 19.8 Å². The smallest absolute Gasteiger partial charge is 0.311 e. The van der Waals surface area contributed by atoms with Crippen molar-refractivity contribution in [3.8, 4) is 0 Å². The van der Waals surface area contributed by atoms with Crippen LogP contribution in [0.1, 0.15) is 26.7 Å². The molecule has 0 aromatic carbocycles. The van der Waals surface area contributed by atoms with Crippen LogP contribution in [-0.2, 0) is 14.3 Å². The Balaban J connectivity index is 2.71. The fourth-order valence-electron chi connectivity index (χ4n) is 2.21. The van der Waals surface area contributed by atoms with E-state index in [1.807, 2.05) is 13.8 Å². The topological polar surface area (TPSA) is 102 Å². The molecule has 1 amide bonds. The summed E-state index contributed by atoms with van der Waals surface area (Å²) in [5.41, 5.74) is 5.08. The minimum absolute atomic E-state index is 0.147. The Kier molecular flexibility index (Phi) is 5.10. The molecule has 1 rings (SSSR count). The third-order valence-corrected chi connectivity index (χ3v) is 3.94. The zero-order valence-electron chi connectivity index (χ0n) is 10.9. The Morgan fingerprint density at radius 2 is 2.00 bits per heavy atom. The number of hydrogen-bond acceptors (Lipinski definition) is 4. The van der Waals surface area contributed by atoms with E-state index in [1.54, 1.807) is 0 Å². The van der Waals surface area contributed by atoms with E-state index in [2.05, 4.69) is 5.32 Å². The van der Waals surface area contributed by atoms with E-state index in [1.165, 1.54) is 0 Å². The van der Waals surface area contributed by atoms with Gasteiger partial charge in [-0.3, -0.25) is 9.59 Å². The third-order valence-electron chi connectivity index (χ3n) is 3.94. The Morgan fingerprint density at radius 1 is 1.39 bits per heavy atom. The van der Waals surface area contributed by atoms with Gasteiger partial charge in [0.05, 0.1) is 24.7 Å². The molecule has 0 bridgehead atoms. The minimum atomic E-state index is -0.941. The molecule has 2 unspecified atom stereocenters. The maximum atomic E-state index is 12.2. The molecule has 1 heterocycles. The summed E-state index contributed by atoms with van der Waals surface area (Å²) in [5, 5.41) is 11.8. The van der Waals surface area contributed by atoms with Crippen LogP contribution in [0.4, 0.5) is 0 Å². The number of amides is 1. The predicted molar refractivity (Wildman–Crippen MR) is 65.9 cm³/mol. The highest BCUT2D eigenvalue weighted by Crippen LogP contribution is 2.26. The van der Waals surface area contributed by atoms with Crippen molar-refractivity contribution in [1.29, 1.82) is 0 Å². The second-order valence-electron chi connectivity index (χ2n) is 4.75. The SMILES string of the molecule is CCC(CC)(CN)C(=O)NC1COCC1C(=O)O. The molecule has 6 nitrogen and oxygen atoms in total. The van der Waals surface area contributed by atoms with Crippen LogP contribution < -0.4 is 11.1 Å². The van der Waals surface area contributed by atoms with Crippen molar-refractivity contribution in [3.63, 3.8) is 0 Å². The molecule has 6 heteroatoms. The average molecular weight is 258 g/mol. The number of carboxylic acids is 1. The molecule has 1 aliphatic heterocycles. The first-order valence-electron chi connectivity index (χ1n) is 6.32. The van der Waals surface area contributed by atoms with Crippen molar-refractivity contribution in [2.24, 2.45) is 17.1 Å². The van der Waals surface area contributed by atoms with Gasteiger partial charge in [-0.05, 0) is 12.8 Å². The van der Waals surface area contributed by atoms with E-state index in [-0.39, 0.29) is 25.7 Å². The quantitative estimate of drug-likeness (QED) is 0.621. The van der Waals surface area contributed by atoms with Gasteiger partial charge in [0.25, 0.3) is 0 Å². The third kappa shape index (κ3) is 2.81. The molecule has 104 valence electrons. The van der Waals surface area contributed by atoms with Crippen LogP contribution in [0.2, 0.25) is 0 Å². The molecule has 0 saturated carbocycles. The van der Waals surface area contributed by atoms with Crippen LogP contribution in [0.15, 0.2) is 0 Å². The van der Waals surface area contributed by atoms with E-state index in [4.69, 9.17) is 15.6 Å². The number of carbonyl (C=O) groups is 2. The highest BCUT2D eigenvalue weighted by molar-refractivity contribution is 5.84. The van der Waals surface area contributed by atoms with Crippen LogP contribution in [0.25, 0.3) is 0 Å². The summed E-state index contributed by atoms with van der Waals surface area (Å²) < 4.78 is 5.12.